The van der Waals surface area contributed by atoms with Crippen molar-refractivity contribution in [2.24, 2.45) is 0 Å². The third kappa shape index (κ3) is 1.40. The fourth-order valence-electron chi connectivity index (χ4n) is 1.54. The molecule has 1 aromatic carbocycles. The molecule has 4 nitrogen and oxygen atoms in total. The molecule has 0 saturated heterocycles. The molecule has 1 N–H and O–H groups in total. The van der Waals surface area contributed by atoms with Gasteiger partial charge < -0.3 is 14.6 Å². The van der Waals surface area contributed by atoms with Gasteiger partial charge in [0, 0.05) is 5.56 Å². The minimum atomic E-state index is 0.257. The summed E-state index contributed by atoms with van der Waals surface area (Å²) in [6, 6.07) is 5.64. The number of nitrogens with zero attached hydrogens (tertiary/aromatic N) is 1. The van der Waals surface area contributed by atoms with Gasteiger partial charge in [0.05, 0.1) is 5.69 Å². The van der Waals surface area contributed by atoms with Crippen LogP contribution in [-0.4, -0.2) is 16.9 Å². The van der Waals surface area contributed by atoms with E-state index in [1.165, 1.54) is 11.3 Å². The first-order valence-electron chi connectivity index (χ1n) is 4.80. The van der Waals surface area contributed by atoms with E-state index in [0.29, 0.717) is 5.69 Å². The second-order valence-electron chi connectivity index (χ2n) is 3.48. The van der Waals surface area contributed by atoms with E-state index in [-0.39, 0.29) is 11.9 Å². The van der Waals surface area contributed by atoms with Gasteiger partial charge in [0.15, 0.2) is 16.6 Å². The molecule has 0 saturated carbocycles. The molecule has 0 amide bonds. The van der Waals surface area contributed by atoms with E-state index in [9.17, 15) is 5.11 Å². The fourth-order valence-corrected chi connectivity index (χ4v) is 2.35. The van der Waals surface area contributed by atoms with Crippen LogP contribution in [0.15, 0.2) is 18.2 Å². The highest BCUT2D eigenvalue weighted by Gasteiger charge is 2.15. The van der Waals surface area contributed by atoms with E-state index in [1.807, 2.05) is 18.2 Å². The zero-order valence-electron chi connectivity index (χ0n) is 8.56. The number of aromatic hydroxyl groups is 1. The number of ether oxygens (including phenoxy) is 2. The average molecular weight is 235 g/mol. The highest BCUT2D eigenvalue weighted by Crippen LogP contribution is 2.38. The van der Waals surface area contributed by atoms with E-state index < -0.39 is 0 Å². The summed E-state index contributed by atoms with van der Waals surface area (Å²) in [7, 11) is 0. The average Bonchev–Trinajstić information content (AvgIpc) is 2.85. The lowest BCUT2D eigenvalue weighted by atomic mass is 10.2. The van der Waals surface area contributed by atoms with Gasteiger partial charge in [0.1, 0.15) is 5.01 Å². The Labute approximate surface area is 96.1 Å². The molecule has 5 heteroatoms. The van der Waals surface area contributed by atoms with Crippen molar-refractivity contribution in [2.45, 2.75) is 6.92 Å². The van der Waals surface area contributed by atoms with Crippen molar-refractivity contribution in [1.29, 1.82) is 0 Å². The highest BCUT2D eigenvalue weighted by atomic mass is 32.1. The van der Waals surface area contributed by atoms with Crippen molar-refractivity contribution in [1.82, 2.24) is 4.98 Å². The quantitative estimate of drug-likeness (QED) is 0.825. The Hall–Kier alpha value is -1.75. The SMILES string of the molecule is Cc1nc(-c2ccc3c(c2)OCO3)sc1O. The Morgan fingerprint density at radius 3 is 2.88 bits per heavy atom. The van der Waals surface area contributed by atoms with Crippen LogP contribution in [0.25, 0.3) is 10.6 Å². The largest absolute Gasteiger partial charge is 0.498 e. The Bertz CT molecular complexity index is 531. The van der Waals surface area contributed by atoms with Gasteiger partial charge in [-0.05, 0) is 25.1 Å². The van der Waals surface area contributed by atoms with Crippen LogP contribution < -0.4 is 9.47 Å². The summed E-state index contributed by atoms with van der Waals surface area (Å²) < 4.78 is 10.5. The van der Waals surface area contributed by atoms with Gasteiger partial charge in [0.25, 0.3) is 0 Å². The maximum atomic E-state index is 9.49. The Balaban J connectivity index is 2.07. The standard InChI is InChI=1S/C11H9NO3S/c1-6-11(13)16-10(12-6)7-2-3-8-9(4-7)15-5-14-8/h2-4,13H,5H2,1H3. The molecule has 1 aliphatic rings. The van der Waals surface area contributed by atoms with Crippen LogP contribution in [0.4, 0.5) is 0 Å². The molecular formula is C11H9NO3S. The van der Waals surface area contributed by atoms with Crippen molar-refractivity contribution >= 4 is 11.3 Å². The maximum absolute atomic E-state index is 9.49. The number of rotatable bonds is 1. The van der Waals surface area contributed by atoms with Gasteiger partial charge in [-0.3, -0.25) is 0 Å². The normalized spacial score (nSPS) is 13.1. The minimum absolute atomic E-state index is 0.257. The molecule has 0 fully saturated rings. The van der Waals surface area contributed by atoms with Crippen molar-refractivity contribution in [3.8, 4) is 27.1 Å². The lowest BCUT2D eigenvalue weighted by Gasteiger charge is -1.98. The maximum Gasteiger partial charge on any atom is 0.231 e. The predicted molar refractivity (Wildman–Crippen MR) is 60.1 cm³/mol. The summed E-state index contributed by atoms with van der Waals surface area (Å²) in [5, 5.41) is 10.5. The summed E-state index contributed by atoms with van der Waals surface area (Å²) in [6.07, 6.45) is 0. The van der Waals surface area contributed by atoms with E-state index in [4.69, 9.17) is 9.47 Å². The molecule has 0 atom stereocenters. The first-order valence-corrected chi connectivity index (χ1v) is 5.62. The molecule has 16 heavy (non-hydrogen) atoms. The Morgan fingerprint density at radius 1 is 1.31 bits per heavy atom. The summed E-state index contributed by atoms with van der Waals surface area (Å²) in [4.78, 5) is 4.28. The van der Waals surface area contributed by atoms with Crippen LogP contribution in [0.5, 0.6) is 16.6 Å². The number of hydrogen-bond acceptors (Lipinski definition) is 5. The zero-order chi connectivity index (χ0) is 11.1. The van der Waals surface area contributed by atoms with E-state index in [0.717, 1.165) is 22.1 Å². The molecule has 0 unspecified atom stereocenters. The van der Waals surface area contributed by atoms with Crippen molar-refractivity contribution < 1.29 is 14.6 Å². The number of aryl methyl sites for hydroxylation is 1. The van der Waals surface area contributed by atoms with E-state index in [2.05, 4.69) is 4.98 Å². The molecule has 2 aromatic rings. The molecule has 0 spiro atoms. The lowest BCUT2D eigenvalue weighted by Crippen LogP contribution is -1.92. The summed E-state index contributed by atoms with van der Waals surface area (Å²) >= 11 is 1.26. The third-order valence-electron chi connectivity index (χ3n) is 2.39. The van der Waals surface area contributed by atoms with E-state index >= 15 is 0 Å². The van der Waals surface area contributed by atoms with Crippen LogP contribution in [0.2, 0.25) is 0 Å². The van der Waals surface area contributed by atoms with E-state index in [1.54, 1.807) is 6.92 Å². The Morgan fingerprint density at radius 2 is 2.12 bits per heavy atom. The number of benzene rings is 1. The summed E-state index contributed by atoms with van der Waals surface area (Å²) in [5.41, 5.74) is 1.58. The summed E-state index contributed by atoms with van der Waals surface area (Å²) in [5.74, 6) is 1.48. The zero-order valence-corrected chi connectivity index (χ0v) is 9.37. The van der Waals surface area contributed by atoms with Gasteiger partial charge in [-0.2, -0.15) is 0 Å². The molecule has 82 valence electrons. The second kappa shape index (κ2) is 3.38. The lowest BCUT2D eigenvalue weighted by molar-refractivity contribution is 0.174. The number of thiazole rings is 1. The van der Waals surface area contributed by atoms with Gasteiger partial charge >= 0.3 is 0 Å². The smallest absolute Gasteiger partial charge is 0.231 e. The van der Waals surface area contributed by atoms with Gasteiger partial charge in [-0.25, -0.2) is 4.98 Å². The first-order chi connectivity index (χ1) is 7.74. The molecular weight excluding hydrogens is 226 g/mol. The van der Waals surface area contributed by atoms with Crippen molar-refractivity contribution in [2.75, 3.05) is 6.79 Å². The molecule has 0 radical (unpaired) electrons. The van der Waals surface area contributed by atoms with Crippen LogP contribution in [0.1, 0.15) is 5.69 Å². The third-order valence-corrected chi connectivity index (χ3v) is 3.40. The summed E-state index contributed by atoms with van der Waals surface area (Å²) in [6.45, 7) is 2.04. The fraction of sp³-hybridized carbons (Fsp3) is 0.182. The van der Waals surface area contributed by atoms with Gasteiger partial charge in [-0.15, -0.1) is 0 Å². The monoisotopic (exact) mass is 235 g/mol. The molecule has 2 heterocycles. The Kier molecular flexibility index (Phi) is 2.00. The number of aromatic nitrogens is 1. The topological polar surface area (TPSA) is 51.6 Å². The number of hydrogen-bond donors (Lipinski definition) is 1. The highest BCUT2D eigenvalue weighted by molar-refractivity contribution is 7.16. The minimum Gasteiger partial charge on any atom is -0.498 e. The van der Waals surface area contributed by atoms with Gasteiger partial charge in [-0.1, -0.05) is 11.3 Å². The van der Waals surface area contributed by atoms with Gasteiger partial charge in [0.2, 0.25) is 6.79 Å². The molecule has 1 aliphatic heterocycles. The van der Waals surface area contributed by atoms with Crippen molar-refractivity contribution in [3.05, 3.63) is 23.9 Å². The van der Waals surface area contributed by atoms with Crippen LogP contribution >= 0.6 is 11.3 Å². The van der Waals surface area contributed by atoms with Crippen LogP contribution in [-0.2, 0) is 0 Å². The second-order valence-corrected chi connectivity index (χ2v) is 4.46. The van der Waals surface area contributed by atoms with Crippen molar-refractivity contribution in [3.63, 3.8) is 0 Å². The number of fused-ring (bicyclic) bond motifs is 1. The predicted octanol–water partition coefficient (Wildman–Crippen LogP) is 2.55. The molecule has 1 aromatic heterocycles. The molecule has 0 aliphatic carbocycles. The molecule has 0 bridgehead atoms. The molecule has 3 rings (SSSR count). The van der Waals surface area contributed by atoms with Crippen LogP contribution in [0, 0.1) is 6.92 Å². The van der Waals surface area contributed by atoms with Crippen LogP contribution in [0.3, 0.4) is 0 Å². The first kappa shape index (κ1) is 9.47.